The number of nitrogens with two attached hydrogens (primary N) is 2. The van der Waals surface area contributed by atoms with Crippen molar-refractivity contribution in [2.24, 2.45) is 5.73 Å². The first-order valence-electron chi connectivity index (χ1n) is 19.6. The van der Waals surface area contributed by atoms with Crippen LogP contribution in [0.3, 0.4) is 0 Å². The highest BCUT2D eigenvalue weighted by Crippen LogP contribution is 2.46. The van der Waals surface area contributed by atoms with Crippen LogP contribution in [0.25, 0.3) is 5.52 Å². The third-order valence-electron chi connectivity index (χ3n) is 9.82. The van der Waals surface area contributed by atoms with Gasteiger partial charge in [0.2, 0.25) is 0 Å². The van der Waals surface area contributed by atoms with Gasteiger partial charge in [-0.3, -0.25) is 14.0 Å². The first-order valence-corrected chi connectivity index (χ1v) is 21.4. The molecule has 1 aliphatic heterocycles. The summed E-state index contributed by atoms with van der Waals surface area (Å²) in [7, 11) is -4.46. The molecule has 5 N–H and O–H groups in total. The summed E-state index contributed by atoms with van der Waals surface area (Å²) in [6, 6.07) is 5.46. The molecule has 0 radical (unpaired) electrons. The predicted molar refractivity (Wildman–Crippen MR) is 206 cm³/mol. The molecule has 3 aromatic heterocycles. The van der Waals surface area contributed by atoms with Crippen molar-refractivity contribution in [3.05, 3.63) is 53.2 Å². The molecule has 1 fully saturated rings. The number of aromatic nitrogens is 4. The van der Waals surface area contributed by atoms with Gasteiger partial charge in [0.05, 0.1) is 30.0 Å². The Kier molecular flexibility index (Phi) is 18.8. The maximum Gasteiger partial charge on any atom is 0.472 e. The van der Waals surface area contributed by atoms with Gasteiger partial charge < -0.3 is 25.8 Å². The van der Waals surface area contributed by atoms with E-state index in [0.717, 1.165) is 30.5 Å². The molecule has 0 bridgehead atoms. The molecule has 0 aromatic carbocycles. The van der Waals surface area contributed by atoms with E-state index in [-0.39, 0.29) is 19.8 Å². The van der Waals surface area contributed by atoms with Crippen LogP contribution in [0.1, 0.15) is 153 Å². The van der Waals surface area contributed by atoms with Gasteiger partial charge in [-0.05, 0) is 43.0 Å². The summed E-state index contributed by atoms with van der Waals surface area (Å²) in [4.78, 5) is 18.7. The first-order chi connectivity index (χ1) is 25.2. The molecule has 4 atom stereocenters. The molecule has 0 saturated carbocycles. The summed E-state index contributed by atoms with van der Waals surface area (Å²) in [5.74, 6) is 0.358. The largest absolute Gasteiger partial charge is 0.472 e. The van der Waals surface area contributed by atoms with Crippen LogP contribution in [0, 0.1) is 0 Å². The number of pyridine rings is 1. The van der Waals surface area contributed by atoms with Crippen LogP contribution in [0.5, 0.6) is 0 Å². The molecule has 4 heterocycles. The van der Waals surface area contributed by atoms with Gasteiger partial charge >= 0.3 is 7.82 Å². The van der Waals surface area contributed by atoms with Gasteiger partial charge in [0.15, 0.2) is 5.82 Å². The van der Waals surface area contributed by atoms with Crippen LogP contribution >= 0.6 is 19.4 Å². The van der Waals surface area contributed by atoms with Crippen LogP contribution in [-0.2, 0) is 29.7 Å². The number of rotatable bonds is 28. The second-order valence-electron chi connectivity index (χ2n) is 14.3. The fourth-order valence-electron chi connectivity index (χ4n) is 6.77. The van der Waals surface area contributed by atoms with E-state index in [1.54, 1.807) is 23.0 Å². The smallest absolute Gasteiger partial charge is 0.382 e. The molecule has 1 unspecified atom stereocenters. The van der Waals surface area contributed by atoms with Crippen molar-refractivity contribution in [1.29, 1.82) is 0 Å². The molecular formula is C38H62ClN6O6P. The zero-order valence-electron chi connectivity index (χ0n) is 31.1. The number of unbranched alkanes of at least 4 members (excludes halogenated alkanes) is 16. The van der Waals surface area contributed by atoms with Gasteiger partial charge in [0, 0.05) is 12.4 Å². The van der Waals surface area contributed by atoms with Crippen LogP contribution < -0.4 is 11.5 Å². The topological polar surface area (TPSA) is 169 Å². The number of phosphoric acid groups is 1. The Morgan fingerprint density at radius 3 is 2.25 bits per heavy atom. The van der Waals surface area contributed by atoms with Crippen molar-refractivity contribution < 1.29 is 28.0 Å². The zero-order valence-corrected chi connectivity index (χ0v) is 32.8. The van der Waals surface area contributed by atoms with Crippen molar-refractivity contribution in [1.82, 2.24) is 19.6 Å². The second-order valence-corrected chi connectivity index (χ2v) is 16.2. The summed E-state index contributed by atoms with van der Waals surface area (Å²) in [5, 5.41) is 4.79. The minimum Gasteiger partial charge on any atom is -0.382 e. The van der Waals surface area contributed by atoms with E-state index in [4.69, 9.17) is 41.6 Å². The number of hydrogen-bond acceptors (Lipinski definition) is 10. The minimum atomic E-state index is -4.46. The Hall–Kier alpha value is -2.15. The summed E-state index contributed by atoms with van der Waals surface area (Å²) in [6.45, 7) is 2.09. The van der Waals surface area contributed by atoms with Crippen molar-refractivity contribution in [3.8, 4) is 0 Å². The average Bonchev–Trinajstić information content (AvgIpc) is 3.74. The summed E-state index contributed by atoms with van der Waals surface area (Å²) < 4.78 is 37.7. The molecule has 4 rings (SSSR count). The van der Waals surface area contributed by atoms with Gasteiger partial charge in [0.1, 0.15) is 30.3 Å². The van der Waals surface area contributed by atoms with E-state index in [1.807, 2.05) is 12.1 Å². The molecule has 14 heteroatoms. The normalized spacial score (nSPS) is 19.3. The Labute approximate surface area is 315 Å². The van der Waals surface area contributed by atoms with Gasteiger partial charge in [-0.15, -0.1) is 0 Å². The lowest BCUT2D eigenvalue weighted by atomic mass is 10.0. The van der Waals surface area contributed by atoms with E-state index in [2.05, 4.69) is 22.0 Å². The molecule has 3 aromatic rings. The van der Waals surface area contributed by atoms with Gasteiger partial charge in [-0.25, -0.2) is 14.1 Å². The lowest BCUT2D eigenvalue weighted by Gasteiger charge is -2.26. The lowest BCUT2D eigenvalue weighted by molar-refractivity contribution is -0.0739. The van der Waals surface area contributed by atoms with E-state index < -0.39 is 25.8 Å². The molecule has 0 spiro atoms. The molecule has 0 aliphatic carbocycles. The fourth-order valence-corrected chi connectivity index (χ4v) is 7.78. The minimum absolute atomic E-state index is 0.112. The van der Waals surface area contributed by atoms with E-state index in [0.29, 0.717) is 35.6 Å². The summed E-state index contributed by atoms with van der Waals surface area (Å²) in [6.07, 6.45) is 27.6. The fraction of sp³-hybridized carbons (Fsp3) is 0.711. The Balaban J connectivity index is 1.12. The quantitative estimate of drug-likeness (QED) is 0.0475. The van der Waals surface area contributed by atoms with Crippen molar-refractivity contribution in [2.75, 3.05) is 18.9 Å². The predicted octanol–water partition coefficient (Wildman–Crippen LogP) is 9.63. The Bertz CT molecular complexity index is 1500. The SMILES string of the molecule is CCCCCCCCCCCCCCCCCCC[C@H](COP(=O)(O)OC[C@]1(N)CC[C@H](c2ccc3c(N)ncnn23)O1)OCc1cncc(Cl)c1. The van der Waals surface area contributed by atoms with Crippen LogP contribution in [0.2, 0.25) is 5.02 Å². The summed E-state index contributed by atoms with van der Waals surface area (Å²) in [5.41, 5.74) is 13.4. The monoisotopic (exact) mass is 764 g/mol. The number of phosphoric ester groups is 1. The number of ether oxygens (including phenoxy) is 2. The highest BCUT2D eigenvalue weighted by Gasteiger charge is 2.41. The number of anilines is 1. The van der Waals surface area contributed by atoms with Gasteiger partial charge in [0.25, 0.3) is 0 Å². The second kappa shape index (κ2) is 22.9. The van der Waals surface area contributed by atoms with Crippen molar-refractivity contribution in [2.45, 2.75) is 160 Å². The standard InChI is InChI=1S/C38H62ClN6O6P/c1-2-3-4-5-6-7-8-9-10-11-12-13-14-15-16-17-18-19-33(48-27-31-24-32(39)26-42-25-31)28-49-52(46,47)50-29-38(41)23-22-36(51-38)34-20-21-35-37(40)43-30-44-45(34)35/h20-21,24-26,30,33,36H,2-19,22-23,27-29,41H2,1H3,(H,46,47)(H2,40,43,44)/t33-,36-,38+/m1/s1. The number of fused-ring (bicyclic) bond motifs is 1. The van der Waals surface area contributed by atoms with E-state index >= 15 is 0 Å². The Morgan fingerprint density at radius 2 is 1.62 bits per heavy atom. The number of nitrogens with zero attached hydrogens (tertiary/aromatic N) is 4. The molecule has 0 amide bonds. The maximum atomic E-state index is 13.0. The lowest BCUT2D eigenvalue weighted by Crippen LogP contribution is -2.43. The van der Waals surface area contributed by atoms with E-state index in [1.165, 1.54) is 96.2 Å². The average molecular weight is 765 g/mol. The molecule has 52 heavy (non-hydrogen) atoms. The Morgan fingerprint density at radius 1 is 0.981 bits per heavy atom. The maximum absolute atomic E-state index is 13.0. The highest BCUT2D eigenvalue weighted by atomic mass is 35.5. The van der Waals surface area contributed by atoms with Crippen LogP contribution in [0.15, 0.2) is 36.9 Å². The van der Waals surface area contributed by atoms with Crippen LogP contribution in [-0.4, -0.2) is 49.5 Å². The van der Waals surface area contributed by atoms with E-state index in [9.17, 15) is 9.46 Å². The molecular weight excluding hydrogens is 703 g/mol. The van der Waals surface area contributed by atoms with Gasteiger partial charge in [-0.2, -0.15) is 5.10 Å². The van der Waals surface area contributed by atoms with Gasteiger partial charge in [-0.1, -0.05) is 128 Å². The zero-order chi connectivity index (χ0) is 37.1. The third kappa shape index (κ3) is 15.3. The number of hydrogen-bond donors (Lipinski definition) is 3. The van der Waals surface area contributed by atoms with Crippen molar-refractivity contribution in [3.63, 3.8) is 0 Å². The molecule has 12 nitrogen and oxygen atoms in total. The highest BCUT2D eigenvalue weighted by molar-refractivity contribution is 7.47. The summed E-state index contributed by atoms with van der Waals surface area (Å²) >= 11 is 6.10. The van der Waals surface area contributed by atoms with Crippen molar-refractivity contribution >= 4 is 30.8 Å². The first kappa shape index (κ1) is 42.6. The number of halogens is 1. The van der Waals surface area contributed by atoms with Crippen LogP contribution in [0.4, 0.5) is 5.82 Å². The number of nitrogen functional groups attached to an aromatic ring is 1. The molecule has 1 aliphatic rings. The molecule has 292 valence electrons. The third-order valence-corrected chi connectivity index (χ3v) is 11.0. The molecule has 1 saturated heterocycles.